The number of hydrogen-bond acceptors (Lipinski definition) is 3. The zero-order chi connectivity index (χ0) is 14.2. The molecule has 3 N–H and O–H groups in total. The first kappa shape index (κ1) is 12.4. The van der Waals surface area contributed by atoms with Gasteiger partial charge in [-0.3, -0.25) is 0 Å². The molecule has 1 aromatic carbocycles. The normalized spacial score (nSPS) is 14.1. The molecule has 4 heteroatoms. The molecule has 2 aromatic heterocycles. The first-order valence-corrected chi connectivity index (χ1v) is 7.34. The maximum Gasteiger partial charge on any atom is 0.140 e. The molecule has 21 heavy (non-hydrogen) atoms. The molecule has 0 bridgehead atoms. The first-order chi connectivity index (χ1) is 10.3. The third kappa shape index (κ3) is 2.08. The Morgan fingerprint density at radius 2 is 2.10 bits per heavy atom. The second kappa shape index (κ2) is 4.90. The maximum absolute atomic E-state index is 4.55. The topological polar surface area (TPSA) is 52.7 Å². The third-order valence-electron chi connectivity index (χ3n) is 4.19. The van der Waals surface area contributed by atoms with Gasteiger partial charge in [0.1, 0.15) is 11.5 Å². The van der Waals surface area contributed by atoms with Crippen LogP contribution < -0.4 is 10.6 Å². The van der Waals surface area contributed by atoms with Gasteiger partial charge in [-0.05, 0) is 53.4 Å². The Kier molecular flexibility index (Phi) is 2.89. The largest absolute Gasteiger partial charge is 0.373 e. The van der Waals surface area contributed by atoms with Crippen LogP contribution in [0.4, 0.5) is 5.82 Å². The molecule has 3 aromatic rings. The van der Waals surface area contributed by atoms with E-state index < -0.39 is 0 Å². The minimum absolute atomic E-state index is 0.885. The summed E-state index contributed by atoms with van der Waals surface area (Å²) < 4.78 is 0. The molecule has 0 radical (unpaired) electrons. The average molecular weight is 278 g/mol. The predicted octanol–water partition coefficient (Wildman–Crippen LogP) is 2.92. The van der Waals surface area contributed by atoms with E-state index in [1.807, 2.05) is 13.2 Å². The second-order valence-electron chi connectivity index (χ2n) is 5.46. The van der Waals surface area contributed by atoms with E-state index in [0.29, 0.717) is 0 Å². The lowest BCUT2D eigenvalue weighted by atomic mass is 9.95. The van der Waals surface area contributed by atoms with Crippen molar-refractivity contribution in [2.24, 2.45) is 0 Å². The molecule has 106 valence electrons. The number of benzene rings is 1. The van der Waals surface area contributed by atoms with Crippen molar-refractivity contribution >= 4 is 16.9 Å². The van der Waals surface area contributed by atoms with Crippen LogP contribution in [0.25, 0.3) is 22.2 Å². The Morgan fingerprint density at radius 1 is 1.14 bits per heavy atom. The highest BCUT2D eigenvalue weighted by molar-refractivity contribution is 5.94. The first-order valence-electron chi connectivity index (χ1n) is 7.34. The Labute approximate surface area is 123 Å². The van der Waals surface area contributed by atoms with Crippen molar-refractivity contribution in [3.8, 4) is 11.1 Å². The molecule has 4 nitrogen and oxygen atoms in total. The molecule has 0 saturated heterocycles. The number of hydrogen-bond donors (Lipinski definition) is 3. The van der Waals surface area contributed by atoms with Crippen molar-refractivity contribution in [1.29, 1.82) is 0 Å². The molecule has 4 rings (SSSR count). The number of pyridine rings is 1. The molecule has 0 fully saturated rings. The van der Waals surface area contributed by atoms with Gasteiger partial charge < -0.3 is 15.6 Å². The van der Waals surface area contributed by atoms with E-state index in [-0.39, 0.29) is 0 Å². The molecular formula is C17H18N4. The predicted molar refractivity (Wildman–Crippen MR) is 86.5 cm³/mol. The number of rotatable bonds is 2. The standard InChI is InChI=1S/C17H18N4/c1-18-16-9-15(14-5-7-20-17(14)21-16)12-3-2-11-4-6-19-10-13(11)8-12/h2-3,5,7-9,19H,4,6,10H2,1H3,(H2,18,20,21). The molecule has 1 aliphatic heterocycles. The molecule has 3 heterocycles. The van der Waals surface area contributed by atoms with Gasteiger partial charge in [0.15, 0.2) is 0 Å². The monoisotopic (exact) mass is 278 g/mol. The Bertz CT molecular complexity index is 804. The summed E-state index contributed by atoms with van der Waals surface area (Å²) in [6, 6.07) is 11.0. The van der Waals surface area contributed by atoms with Gasteiger partial charge in [0, 0.05) is 25.2 Å². The summed E-state index contributed by atoms with van der Waals surface area (Å²) in [5.41, 5.74) is 6.27. The Balaban J connectivity index is 1.91. The number of fused-ring (bicyclic) bond motifs is 2. The number of anilines is 1. The fraction of sp³-hybridized carbons (Fsp3) is 0.235. The van der Waals surface area contributed by atoms with Crippen LogP contribution in [0.5, 0.6) is 0 Å². The van der Waals surface area contributed by atoms with E-state index in [2.05, 4.69) is 50.9 Å². The molecule has 0 spiro atoms. The van der Waals surface area contributed by atoms with Crippen molar-refractivity contribution in [2.75, 3.05) is 18.9 Å². The lowest BCUT2D eigenvalue weighted by molar-refractivity contribution is 0.644. The lowest BCUT2D eigenvalue weighted by Crippen LogP contribution is -2.23. The molecule has 0 saturated carbocycles. The highest BCUT2D eigenvalue weighted by atomic mass is 15.0. The van der Waals surface area contributed by atoms with Gasteiger partial charge in [-0.1, -0.05) is 12.1 Å². The summed E-state index contributed by atoms with van der Waals surface area (Å²) in [5, 5.41) is 7.75. The summed E-state index contributed by atoms with van der Waals surface area (Å²) in [4.78, 5) is 7.75. The molecule has 0 atom stereocenters. The van der Waals surface area contributed by atoms with Crippen LogP contribution in [-0.4, -0.2) is 23.6 Å². The van der Waals surface area contributed by atoms with Gasteiger partial charge in [-0.15, -0.1) is 0 Å². The highest BCUT2D eigenvalue weighted by Gasteiger charge is 2.12. The molecular weight excluding hydrogens is 260 g/mol. The van der Waals surface area contributed by atoms with Gasteiger partial charge in [0.05, 0.1) is 0 Å². The van der Waals surface area contributed by atoms with E-state index in [1.54, 1.807) is 0 Å². The SMILES string of the molecule is CNc1cc(-c2ccc3c(c2)CNCC3)c2cc[nH]c2n1. The van der Waals surface area contributed by atoms with Gasteiger partial charge in [-0.2, -0.15) is 0 Å². The Morgan fingerprint density at radius 3 is 3.00 bits per heavy atom. The van der Waals surface area contributed by atoms with Crippen molar-refractivity contribution < 1.29 is 0 Å². The number of aromatic amines is 1. The summed E-state index contributed by atoms with van der Waals surface area (Å²) >= 11 is 0. The lowest BCUT2D eigenvalue weighted by Gasteiger charge is -2.18. The fourth-order valence-electron chi connectivity index (χ4n) is 3.05. The minimum atomic E-state index is 0.885. The minimum Gasteiger partial charge on any atom is -0.373 e. The summed E-state index contributed by atoms with van der Waals surface area (Å²) in [5.74, 6) is 0.885. The molecule has 0 amide bonds. The van der Waals surface area contributed by atoms with Crippen molar-refractivity contribution in [3.05, 3.63) is 47.7 Å². The van der Waals surface area contributed by atoms with Gasteiger partial charge in [0.25, 0.3) is 0 Å². The number of nitrogens with one attached hydrogen (secondary N) is 3. The van der Waals surface area contributed by atoms with E-state index in [9.17, 15) is 0 Å². The summed E-state index contributed by atoms with van der Waals surface area (Å²) in [6.45, 7) is 2.04. The van der Waals surface area contributed by atoms with E-state index in [1.165, 1.54) is 22.3 Å². The van der Waals surface area contributed by atoms with Crippen LogP contribution in [0.15, 0.2) is 36.5 Å². The van der Waals surface area contributed by atoms with Crippen molar-refractivity contribution in [1.82, 2.24) is 15.3 Å². The summed E-state index contributed by atoms with van der Waals surface area (Å²) in [7, 11) is 1.90. The second-order valence-corrected chi connectivity index (χ2v) is 5.46. The van der Waals surface area contributed by atoms with Crippen LogP contribution in [0.1, 0.15) is 11.1 Å². The smallest absolute Gasteiger partial charge is 0.140 e. The quantitative estimate of drug-likeness (QED) is 0.675. The fourth-order valence-corrected chi connectivity index (χ4v) is 3.05. The van der Waals surface area contributed by atoms with Gasteiger partial charge in [-0.25, -0.2) is 4.98 Å². The van der Waals surface area contributed by atoms with Crippen LogP contribution in [0, 0.1) is 0 Å². The van der Waals surface area contributed by atoms with Crippen LogP contribution in [0.3, 0.4) is 0 Å². The Hall–Kier alpha value is -2.33. The van der Waals surface area contributed by atoms with Gasteiger partial charge in [0.2, 0.25) is 0 Å². The van der Waals surface area contributed by atoms with Gasteiger partial charge >= 0.3 is 0 Å². The number of aromatic nitrogens is 2. The van der Waals surface area contributed by atoms with Crippen molar-refractivity contribution in [3.63, 3.8) is 0 Å². The zero-order valence-electron chi connectivity index (χ0n) is 12.0. The molecule has 0 aliphatic carbocycles. The molecule has 0 unspecified atom stereocenters. The van der Waals surface area contributed by atoms with Crippen LogP contribution >= 0.6 is 0 Å². The molecule has 1 aliphatic rings. The highest BCUT2D eigenvalue weighted by Crippen LogP contribution is 2.31. The number of nitrogens with zero attached hydrogens (tertiary/aromatic N) is 1. The third-order valence-corrected chi connectivity index (χ3v) is 4.19. The van der Waals surface area contributed by atoms with E-state index >= 15 is 0 Å². The average Bonchev–Trinajstić information content (AvgIpc) is 3.01. The van der Waals surface area contributed by atoms with Crippen LogP contribution in [0.2, 0.25) is 0 Å². The number of H-pyrrole nitrogens is 1. The van der Waals surface area contributed by atoms with Crippen molar-refractivity contribution in [2.45, 2.75) is 13.0 Å². The zero-order valence-corrected chi connectivity index (χ0v) is 12.0. The maximum atomic E-state index is 4.55. The summed E-state index contributed by atoms with van der Waals surface area (Å²) in [6.07, 6.45) is 3.06. The van der Waals surface area contributed by atoms with E-state index in [0.717, 1.165) is 36.4 Å². The van der Waals surface area contributed by atoms with E-state index in [4.69, 9.17) is 0 Å². The van der Waals surface area contributed by atoms with Crippen LogP contribution in [-0.2, 0) is 13.0 Å².